The highest BCUT2D eigenvalue weighted by Crippen LogP contribution is 2.51. The molecule has 1 N–H and O–H groups in total. The van der Waals surface area contributed by atoms with E-state index in [1.54, 1.807) is 12.1 Å². The number of halogens is 2. The molecule has 0 fully saturated rings. The van der Waals surface area contributed by atoms with E-state index < -0.39 is 6.10 Å². The first-order valence-corrected chi connectivity index (χ1v) is 12.4. The highest BCUT2D eigenvalue weighted by atomic mass is 35.5. The number of anilines is 1. The third kappa shape index (κ3) is 3.47. The number of benzene rings is 3. The summed E-state index contributed by atoms with van der Waals surface area (Å²) in [6, 6.07) is 20.1. The lowest BCUT2D eigenvalue weighted by Gasteiger charge is -2.39. The molecule has 2 aliphatic heterocycles. The van der Waals surface area contributed by atoms with Gasteiger partial charge in [0, 0.05) is 16.2 Å². The number of thioether (sulfide) groups is 1. The van der Waals surface area contributed by atoms with E-state index >= 15 is 0 Å². The molecule has 1 aromatic heterocycles. The second kappa shape index (κ2) is 8.18. The van der Waals surface area contributed by atoms with Crippen molar-refractivity contribution >= 4 is 35.0 Å². The highest BCUT2D eigenvalue weighted by Gasteiger charge is 2.41. The molecule has 0 radical (unpaired) electrons. The van der Waals surface area contributed by atoms with Gasteiger partial charge >= 0.3 is 0 Å². The van der Waals surface area contributed by atoms with Crippen LogP contribution in [0.15, 0.2) is 77.5 Å². The van der Waals surface area contributed by atoms with Crippen LogP contribution in [0.25, 0.3) is 5.70 Å². The molecular weight excluding hydrogens is 471 g/mol. The molecule has 34 heavy (non-hydrogen) atoms. The molecule has 6 rings (SSSR count). The molecule has 3 heterocycles. The summed E-state index contributed by atoms with van der Waals surface area (Å²) in [5, 5.41) is 9.57. The van der Waals surface area contributed by atoms with Crippen molar-refractivity contribution in [2.75, 3.05) is 11.6 Å². The molecule has 0 saturated heterocycles. The Hall–Kier alpha value is -3.29. The van der Waals surface area contributed by atoms with Gasteiger partial charge in [0.2, 0.25) is 11.1 Å². The number of fused-ring (bicyclic) bond motifs is 3. The number of aromatic nitrogens is 3. The molecule has 5 nitrogen and oxygen atoms in total. The van der Waals surface area contributed by atoms with E-state index in [4.69, 9.17) is 26.4 Å². The van der Waals surface area contributed by atoms with Crippen LogP contribution in [0.4, 0.5) is 10.3 Å². The van der Waals surface area contributed by atoms with Gasteiger partial charge in [-0.25, -0.2) is 9.07 Å². The van der Waals surface area contributed by atoms with Crippen LogP contribution in [0.1, 0.15) is 34.4 Å². The van der Waals surface area contributed by atoms with Crippen LogP contribution in [0.3, 0.4) is 0 Å². The first-order chi connectivity index (χ1) is 16.5. The fourth-order valence-electron chi connectivity index (χ4n) is 4.55. The first kappa shape index (κ1) is 21.3. The van der Waals surface area contributed by atoms with Crippen molar-refractivity contribution in [2.24, 2.45) is 0 Å². The van der Waals surface area contributed by atoms with E-state index in [0.29, 0.717) is 21.9 Å². The van der Waals surface area contributed by atoms with Crippen molar-refractivity contribution < 1.29 is 9.13 Å². The highest BCUT2D eigenvalue weighted by molar-refractivity contribution is 7.98. The van der Waals surface area contributed by atoms with Gasteiger partial charge in [0.15, 0.2) is 0 Å². The molecule has 0 bridgehead atoms. The maximum absolute atomic E-state index is 13.8. The van der Waals surface area contributed by atoms with Crippen molar-refractivity contribution in [3.8, 4) is 5.75 Å². The Morgan fingerprint density at radius 1 is 1.03 bits per heavy atom. The molecule has 4 aromatic rings. The van der Waals surface area contributed by atoms with Gasteiger partial charge in [-0.3, -0.25) is 0 Å². The van der Waals surface area contributed by atoms with Gasteiger partial charge in [-0.1, -0.05) is 65.3 Å². The van der Waals surface area contributed by atoms with E-state index in [2.05, 4.69) is 36.5 Å². The van der Waals surface area contributed by atoms with E-state index in [9.17, 15) is 4.39 Å². The zero-order valence-electron chi connectivity index (χ0n) is 18.4. The summed E-state index contributed by atoms with van der Waals surface area (Å²) in [7, 11) is 0. The van der Waals surface area contributed by atoms with Gasteiger partial charge in [0.1, 0.15) is 23.7 Å². The summed E-state index contributed by atoms with van der Waals surface area (Å²) in [5.74, 6) is 1.06. The lowest BCUT2D eigenvalue weighted by Crippen LogP contribution is -2.32. The number of hydrogen-bond acceptors (Lipinski definition) is 5. The summed E-state index contributed by atoms with van der Waals surface area (Å²) in [6.07, 6.45) is 1.49. The van der Waals surface area contributed by atoms with Gasteiger partial charge in [-0.2, -0.15) is 4.98 Å². The minimum atomic E-state index is -0.460. The van der Waals surface area contributed by atoms with Crippen molar-refractivity contribution in [3.63, 3.8) is 0 Å². The van der Waals surface area contributed by atoms with E-state index in [0.717, 1.165) is 28.0 Å². The number of ether oxygens (including phenoxy) is 1. The topological polar surface area (TPSA) is 52.0 Å². The maximum atomic E-state index is 13.8. The predicted octanol–water partition coefficient (Wildman–Crippen LogP) is 6.66. The zero-order valence-corrected chi connectivity index (χ0v) is 20.0. The average Bonchev–Trinajstić information content (AvgIpc) is 3.27. The minimum absolute atomic E-state index is 0.276. The number of nitrogens with zero attached hydrogens (tertiary/aromatic N) is 3. The van der Waals surface area contributed by atoms with Crippen LogP contribution in [0, 0.1) is 12.7 Å². The van der Waals surface area contributed by atoms with Crippen molar-refractivity contribution in [1.29, 1.82) is 0 Å². The lowest BCUT2D eigenvalue weighted by atomic mass is 9.84. The Bertz CT molecular complexity index is 1430. The second-order valence-electron chi connectivity index (χ2n) is 8.33. The SMILES string of the molecule is CSc1nc2n(n1)[C@@H](c1ccc(C)cc1)C1=C(N2)c2cc(Cl)ccc2O[C@H]1c1ccc(F)cc1. The quantitative estimate of drug-likeness (QED) is 0.325. The summed E-state index contributed by atoms with van der Waals surface area (Å²) in [4.78, 5) is 4.70. The monoisotopic (exact) mass is 490 g/mol. The van der Waals surface area contributed by atoms with E-state index in [1.807, 2.05) is 29.1 Å². The Morgan fingerprint density at radius 2 is 1.76 bits per heavy atom. The fourth-order valence-corrected chi connectivity index (χ4v) is 5.07. The van der Waals surface area contributed by atoms with Crippen molar-refractivity contribution in [3.05, 3.63) is 105 Å². The van der Waals surface area contributed by atoms with Crippen LogP contribution in [-0.2, 0) is 0 Å². The molecule has 170 valence electrons. The largest absolute Gasteiger partial charge is 0.480 e. The number of hydrogen-bond donors (Lipinski definition) is 1. The molecule has 2 aliphatic rings. The summed E-state index contributed by atoms with van der Waals surface area (Å²) in [6.45, 7) is 2.06. The fraction of sp³-hybridized carbons (Fsp3) is 0.154. The van der Waals surface area contributed by atoms with Gasteiger partial charge in [-0.05, 0) is 54.6 Å². The Balaban J connectivity index is 1.63. The number of aryl methyl sites for hydroxylation is 1. The van der Waals surface area contributed by atoms with Crippen LogP contribution in [0.2, 0.25) is 5.02 Å². The van der Waals surface area contributed by atoms with E-state index in [-0.39, 0.29) is 11.9 Å². The number of nitrogens with one attached hydrogen (secondary N) is 1. The van der Waals surface area contributed by atoms with Gasteiger partial charge in [0.05, 0.1) is 5.70 Å². The normalized spacial score (nSPS) is 18.5. The van der Waals surface area contributed by atoms with Crippen LogP contribution >= 0.6 is 23.4 Å². The van der Waals surface area contributed by atoms with E-state index in [1.165, 1.54) is 29.5 Å². The third-order valence-electron chi connectivity index (χ3n) is 6.16. The summed E-state index contributed by atoms with van der Waals surface area (Å²) in [5.41, 5.74) is 5.79. The van der Waals surface area contributed by atoms with Crippen molar-refractivity contribution in [1.82, 2.24) is 14.8 Å². The van der Waals surface area contributed by atoms with Gasteiger partial charge in [-0.15, -0.1) is 5.10 Å². The van der Waals surface area contributed by atoms with Gasteiger partial charge < -0.3 is 10.1 Å². The second-order valence-corrected chi connectivity index (χ2v) is 9.53. The van der Waals surface area contributed by atoms with Gasteiger partial charge in [0.25, 0.3) is 0 Å². The molecule has 0 unspecified atom stereocenters. The molecule has 0 amide bonds. The van der Waals surface area contributed by atoms with Crippen LogP contribution in [0.5, 0.6) is 5.75 Å². The standard InChI is InChI=1S/C26H20ClFN4OS/c1-14-3-5-15(6-4-14)23-21-22(29-25-30-26(34-2)31-32(23)25)19-13-17(27)9-12-20(19)33-24(21)16-7-10-18(28)11-8-16/h3-13,23-24H,1-2H3,(H,29,30,31)/t23-,24-/m0/s1. The molecule has 0 saturated carbocycles. The maximum Gasteiger partial charge on any atom is 0.227 e. The molecule has 0 aliphatic carbocycles. The first-order valence-electron chi connectivity index (χ1n) is 10.8. The molecule has 8 heteroatoms. The summed E-state index contributed by atoms with van der Waals surface area (Å²) >= 11 is 7.88. The Kier molecular flexibility index (Phi) is 5.12. The zero-order chi connectivity index (χ0) is 23.4. The Morgan fingerprint density at radius 3 is 2.50 bits per heavy atom. The lowest BCUT2D eigenvalue weighted by molar-refractivity contribution is 0.223. The molecule has 3 aromatic carbocycles. The molecular formula is C26H20ClFN4OS. The third-order valence-corrected chi connectivity index (χ3v) is 6.94. The molecule has 2 atom stereocenters. The van der Waals surface area contributed by atoms with Crippen molar-refractivity contribution in [2.45, 2.75) is 24.2 Å². The number of rotatable bonds is 3. The summed E-state index contributed by atoms with van der Waals surface area (Å²) < 4.78 is 22.3. The predicted molar refractivity (Wildman–Crippen MR) is 133 cm³/mol. The Labute approximate surface area is 205 Å². The van der Waals surface area contributed by atoms with Crippen LogP contribution in [-0.4, -0.2) is 21.0 Å². The molecule has 0 spiro atoms. The van der Waals surface area contributed by atoms with Crippen LogP contribution < -0.4 is 10.1 Å². The smallest absolute Gasteiger partial charge is 0.227 e. The minimum Gasteiger partial charge on any atom is -0.480 e. The average molecular weight is 491 g/mol.